The Bertz CT molecular complexity index is 1060. The molecule has 4 aliphatic heterocycles. The Morgan fingerprint density at radius 2 is 1.76 bits per heavy atom. The summed E-state index contributed by atoms with van der Waals surface area (Å²) < 4.78 is 0. The minimum absolute atomic E-state index is 0.0980. The van der Waals surface area contributed by atoms with Crippen molar-refractivity contribution in [3.8, 4) is 0 Å². The second-order valence-electron chi connectivity index (χ2n) is 8.05. The van der Waals surface area contributed by atoms with E-state index in [2.05, 4.69) is 10.2 Å². The van der Waals surface area contributed by atoms with E-state index in [0.29, 0.717) is 5.88 Å². The van der Waals surface area contributed by atoms with Crippen LogP contribution in [0.1, 0.15) is 11.1 Å². The van der Waals surface area contributed by atoms with E-state index in [-0.39, 0.29) is 30.3 Å². The molecule has 2 aromatic rings. The largest absolute Gasteiger partial charge is 0.324 e. The number of nitrogens with zero attached hydrogens (tertiary/aromatic N) is 2. The molecule has 6 nitrogen and oxygen atoms in total. The fraction of sp³-hybridized carbons (Fsp3) is 0.318. The SMILES string of the molecule is O=C1[C@@H]2C3CSCN3[C@@]3(C(=O)Nc4ccccc43)[C@@H]2C(=O)N1Cc1ccccc1. The van der Waals surface area contributed by atoms with E-state index < -0.39 is 17.4 Å². The molecule has 0 aliphatic carbocycles. The van der Waals surface area contributed by atoms with Gasteiger partial charge in [-0.2, -0.15) is 0 Å². The van der Waals surface area contributed by atoms with Crippen molar-refractivity contribution in [3.05, 3.63) is 65.7 Å². The third-order valence-corrected chi connectivity index (χ3v) is 7.83. The number of fused-ring (bicyclic) bond motifs is 7. The van der Waals surface area contributed by atoms with Gasteiger partial charge in [0, 0.05) is 28.9 Å². The molecule has 0 aromatic heterocycles. The lowest BCUT2D eigenvalue weighted by molar-refractivity contribution is -0.146. The molecule has 0 saturated carbocycles. The van der Waals surface area contributed by atoms with Gasteiger partial charge in [0.1, 0.15) is 5.54 Å². The number of carbonyl (C=O) groups is 3. The number of rotatable bonds is 2. The van der Waals surface area contributed by atoms with Gasteiger partial charge in [-0.15, -0.1) is 11.8 Å². The maximum absolute atomic E-state index is 13.6. The van der Waals surface area contributed by atoms with Gasteiger partial charge in [-0.1, -0.05) is 48.5 Å². The molecule has 29 heavy (non-hydrogen) atoms. The van der Waals surface area contributed by atoms with Crippen LogP contribution in [0.3, 0.4) is 0 Å². The van der Waals surface area contributed by atoms with Gasteiger partial charge in [-0.3, -0.25) is 24.2 Å². The maximum atomic E-state index is 13.6. The molecule has 146 valence electrons. The number of amides is 3. The van der Waals surface area contributed by atoms with Crippen LogP contribution in [0.15, 0.2) is 54.6 Å². The van der Waals surface area contributed by atoms with Crippen LogP contribution in [0.4, 0.5) is 5.69 Å². The molecule has 6 rings (SSSR count). The molecule has 4 heterocycles. The predicted molar refractivity (Wildman–Crippen MR) is 109 cm³/mol. The molecule has 7 heteroatoms. The van der Waals surface area contributed by atoms with Crippen LogP contribution in [-0.4, -0.2) is 45.2 Å². The average molecular weight is 405 g/mol. The van der Waals surface area contributed by atoms with Crippen LogP contribution in [0.25, 0.3) is 0 Å². The predicted octanol–water partition coefficient (Wildman–Crippen LogP) is 2.02. The standard InChI is InChI=1S/C22H19N3O3S/c26-19-17-16-11-29-12-25(16)22(14-8-4-5-9-15(14)23-21(22)28)18(17)20(27)24(19)10-13-6-2-1-3-7-13/h1-9,16-18H,10-12H2,(H,23,28)/t16?,17-,18+,22-/m1/s1. The highest BCUT2D eigenvalue weighted by Crippen LogP contribution is 2.60. The van der Waals surface area contributed by atoms with Crippen molar-refractivity contribution in [1.82, 2.24) is 9.80 Å². The summed E-state index contributed by atoms with van der Waals surface area (Å²) in [6.45, 7) is 0.255. The Hall–Kier alpha value is -2.64. The molecule has 4 atom stereocenters. The Morgan fingerprint density at radius 3 is 2.59 bits per heavy atom. The van der Waals surface area contributed by atoms with Crippen molar-refractivity contribution < 1.29 is 14.4 Å². The van der Waals surface area contributed by atoms with Crippen LogP contribution in [0.5, 0.6) is 0 Å². The number of hydrogen-bond acceptors (Lipinski definition) is 5. The van der Waals surface area contributed by atoms with Gasteiger partial charge < -0.3 is 5.32 Å². The van der Waals surface area contributed by atoms with Crippen molar-refractivity contribution in [3.63, 3.8) is 0 Å². The minimum Gasteiger partial charge on any atom is -0.324 e. The zero-order chi connectivity index (χ0) is 19.8. The number of carbonyl (C=O) groups excluding carboxylic acids is 3. The number of thioether (sulfide) groups is 1. The summed E-state index contributed by atoms with van der Waals surface area (Å²) in [5.74, 6) is -0.284. The van der Waals surface area contributed by atoms with Gasteiger partial charge in [0.05, 0.1) is 18.4 Å². The number of para-hydroxylation sites is 1. The van der Waals surface area contributed by atoms with Gasteiger partial charge in [-0.25, -0.2) is 0 Å². The summed E-state index contributed by atoms with van der Waals surface area (Å²) in [6, 6.07) is 17.0. The molecule has 4 aliphatic rings. The number of imide groups is 1. The van der Waals surface area contributed by atoms with Gasteiger partial charge in [-0.05, 0) is 11.6 Å². The molecule has 1 spiro atoms. The first-order chi connectivity index (χ1) is 14.1. The second kappa shape index (κ2) is 5.93. The summed E-state index contributed by atoms with van der Waals surface area (Å²) in [4.78, 5) is 44.0. The van der Waals surface area contributed by atoms with Crippen LogP contribution in [0.2, 0.25) is 0 Å². The summed E-state index contributed by atoms with van der Waals surface area (Å²) >= 11 is 1.72. The third kappa shape index (κ3) is 2.04. The fourth-order valence-electron chi connectivity index (χ4n) is 5.66. The number of anilines is 1. The van der Waals surface area contributed by atoms with Crippen LogP contribution < -0.4 is 5.32 Å². The quantitative estimate of drug-likeness (QED) is 0.775. The van der Waals surface area contributed by atoms with Crippen molar-refractivity contribution in [2.24, 2.45) is 11.8 Å². The van der Waals surface area contributed by atoms with E-state index >= 15 is 0 Å². The zero-order valence-electron chi connectivity index (χ0n) is 15.6. The monoisotopic (exact) mass is 405 g/mol. The summed E-state index contributed by atoms with van der Waals surface area (Å²) in [5.41, 5.74) is 1.40. The smallest absolute Gasteiger partial charge is 0.250 e. The first-order valence-electron chi connectivity index (χ1n) is 9.78. The Kier molecular flexibility index (Phi) is 3.53. The van der Waals surface area contributed by atoms with Crippen molar-refractivity contribution in [1.29, 1.82) is 0 Å². The molecule has 0 radical (unpaired) electrons. The lowest BCUT2D eigenvalue weighted by atomic mass is 9.76. The highest BCUT2D eigenvalue weighted by molar-refractivity contribution is 7.99. The van der Waals surface area contributed by atoms with E-state index in [0.717, 1.165) is 22.6 Å². The number of hydrogen-bond donors (Lipinski definition) is 1. The Balaban J connectivity index is 1.49. The summed E-state index contributed by atoms with van der Waals surface area (Å²) in [6.07, 6.45) is 0. The number of likely N-dealkylation sites (tertiary alicyclic amines) is 1. The third-order valence-electron chi connectivity index (χ3n) is 6.79. The highest BCUT2D eigenvalue weighted by Gasteiger charge is 2.74. The molecule has 0 bridgehead atoms. The van der Waals surface area contributed by atoms with Crippen LogP contribution in [0, 0.1) is 11.8 Å². The second-order valence-corrected chi connectivity index (χ2v) is 9.05. The highest BCUT2D eigenvalue weighted by atomic mass is 32.2. The van der Waals surface area contributed by atoms with Gasteiger partial charge in [0.2, 0.25) is 11.8 Å². The molecular weight excluding hydrogens is 386 g/mol. The van der Waals surface area contributed by atoms with E-state index in [4.69, 9.17) is 0 Å². The van der Waals surface area contributed by atoms with Gasteiger partial charge in [0.25, 0.3) is 5.91 Å². The van der Waals surface area contributed by atoms with E-state index in [1.54, 1.807) is 11.8 Å². The Morgan fingerprint density at radius 1 is 1.00 bits per heavy atom. The lowest BCUT2D eigenvalue weighted by Crippen LogP contribution is -2.54. The number of benzene rings is 2. The lowest BCUT2D eigenvalue weighted by Gasteiger charge is -2.36. The van der Waals surface area contributed by atoms with Gasteiger partial charge >= 0.3 is 0 Å². The molecule has 3 fully saturated rings. The normalized spacial score (nSPS) is 32.6. The van der Waals surface area contributed by atoms with Gasteiger partial charge in [0.15, 0.2) is 0 Å². The van der Waals surface area contributed by atoms with E-state index in [1.165, 1.54) is 4.90 Å². The molecular formula is C22H19N3O3S. The first kappa shape index (κ1) is 17.2. The average Bonchev–Trinajstić information content (AvgIpc) is 3.44. The Labute approximate surface area is 172 Å². The fourth-order valence-corrected chi connectivity index (χ4v) is 6.98. The number of nitrogens with one attached hydrogen (secondary N) is 1. The van der Waals surface area contributed by atoms with E-state index in [9.17, 15) is 14.4 Å². The maximum Gasteiger partial charge on any atom is 0.250 e. The summed E-state index contributed by atoms with van der Waals surface area (Å²) in [5, 5.41) is 2.98. The molecule has 1 unspecified atom stereocenters. The molecule has 3 saturated heterocycles. The van der Waals surface area contributed by atoms with Crippen molar-refractivity contribution >= 4 is 35.2 Å². The molecule has 1 N–H and O–H groups in total. The molecule has 2 aromatic carbocycles. The van der Waals surface area contributed by atoms with Crippen molar-refractivity contribution in [2.45, 2.75) is 18.1 Å². The zero-order valence-corrected chi connectivity index (χ0v) is 16.4. The molecule has 3 amide bonds. The minimum atomic E-state index is -1.09. The summed E-state index contributed by atoms with van der Waals surface area (Å²) in [7, 11) is 0. The van der Waals surface area contributed by atoms with Crippen LogP contribution in [-0.2, 0) is 26.5 Å². The van der Waals surface area contributed by atoms with Crippen molar-refractivity contribution in [2.75, 3.05) is 16.9 Å². The van der Waals surface area contributed by atoms with Crippen LogP contribution >= 0.6 is 11.8 Å². The topological polar surface area (TPSA) is 69.7 Å². The first-order valence-corrected chi connectivity index (χ1v) is 10.9. The van der Waals surface area contributed by atoms with E-state index in [1.807, 2.05) is 54.6 Å².